The summed E-state index contributed by atoms with van der Waals surface area (Å²) in [6.07, 6.45) is 0.153. The number of rotatable bonds is 5. The predicted octanol–water partition coefficient (Wildman–Crippen LogP) is 3.28. The zero-order valence-corrected chi connectivity index (χ0v) is 16.1. The van der Waals surface area contributed by atoms with Crippen LogP contribution >= 0.6 is 11.6 Å². The fraction of sp³-hybridized carbons (Fsp3) is 0.278. The Labute approximate surface area is 161 Å². The van der Waals surface area contributed by atoms with Gasteiger partial charge in [0.1, 0.15) is 17.7 Å². The van der Waals surface area contributed by atoms with Gasteiger partial charge in [0.15, 0.2) is 0 Å². The number of halogens is 2. The van der Waals surface area contributed by atoms with E-state index in [0.717, 1.165) is 6.07 Å². The van der Waals surface area contributed by atoms with E-state index in [1.54, 1.807) is 24.3 Å². The van der Waals surface area contributed by atoms with Gasteiger partial charge in [0.2, 0.25) is 15.9 Å². The molecule has 1 fully saturated rings. The lowest BCUT2D eigenvalue weighted by Crippen LogP contribution is -2.31. The number of carbonyl (C=O) groups is 1. The standard InChI is InChI=1S/C18H18ClFN2O4S/c1-12(23)21-17-7-6-14(10-16(17)20)27(24,25)22-9-8-13(11-22)26-18-5-3-2-4-15(18)19/h2-7,10,13H,8-9,11H2,1H3,(H,21,23). The van der Waals surface area contributed by atoms with Crippen molar-refractivity contribution in [3.63, 3.8) is 0 Å². The smallest absolute Gasteiger partial charge is 0.243 e. The zero-order chi connectivity index (χ0) is 19.6. The summed E-state index contributed by atoms with van der Waals surface area (Å²) in [4.78, 5) is 10.9. The average molecular weight is 413 g/mol. The van der Waals surface area contributed by atoms with Gasteiger partial charge in [-0.25, -0.2) is 12.8 Å². The maximum Gasteiger partial charge on any atom is 0.243 e. The van der Waals surface area contributed by atoms with E-state index in [-0.39, 0.29) is 29.8 Å². The molecule has 27 heavy (non-hydrogen) atoms. The number of amides is 1. The lowest BCUT2D eigenvalue weighted by atomic mass is 10.3. The minimum Gasteiger partial charge on any atom is -0.487 e. The van der Waals surface area contributed by atoms with E-state index in [1.807, 2.05) is 0 Å². The maximum absolute atomic E-state index is 14.1. The molecule has 1 N–H and O–H groups in total. The predicted molar refractivity (Wildman–Crippen MR) is 99.9 cm³/mol. The molecule has 6 nitrogen and oxygen atoms in total. The number of para-hydroxylation sites is 1. The first kappa shape index (κ1) is 19.6. The molecule has 1 heterocycles. The Balaban J connectivity index is 1.73. The molecule has 2 aromatic rings. The van der Waals surface area contributed by atoms with E-state index in [4.69, 9.17) is 16.3 Å². The van der Waals surface area contributed by atoms with Crippen molar-refractivity contribution in [1.82, 2.24) is 4.31 Å². The van der Waals surface area contributed by atoms with Crippen LogP contribution in [0.2, 0.25) is 5.02 Å². The van der Waals surface area contributed by atoms with Gasteiger partial charge in [0.25, 0.3) is 0 Å². The van der Waals surface area contributed by atoms with Crippen molar-refractivity contribution >= 4 is 33.2 Å². The highest BCUT2D eigenvalue weighted by Crippen LogP contribution is 2.29. The monoisotopic (exact) mass is 412 g/mol. The van der Waals surface area contributed by atoms with Crippen molar-refractivity contribution in [3.8, 4) is 5.75 Å². The van der Waals surface area contributed by atoms with Gasteiger partial charge >= 0.3 is 0 Å². The van der Waals surface area contributed by atoms with E-state index < -0.39 is 21.7 Å². The Morgan fingerprint density at radius 3 is 2.70 bits per heavy atom. The number of hydrogen-bond acceptors (Lipinski definition) is 4. The third kappa shape index (κ3) is 4.40. The van der Waals surface area contributed by atoms with Crippen LogP contribution < -0.4 is 10.1 Å². The Hall–Kier alpha value is -2.16. The van der Waals surface area contributed by atoms with Gasteiger partial charge in [-0.1, -0.05) is 23.7 Å². The van der Waals surface area contributed by atoms with Gasteiger partial charge < -0.3 is 10.1 Å². The second-order valence-electron chi connectivity index (χ2n) is 6.14. The summed E-state index contributed by atoms with van der Waals surface area (Å²) in [5.74, 6) is -0.757. The summed E-state index contributed by atoms with van der Waals surface area (Å²) in [5, 5.41) is 2.76. The average Bonchev–Trinajstić information content (AvgIpc) is 3.08. The van der Waals surface area contributed by atoms with Crippen LogP contribution in [-0.2, 0) is 14.8 Å². The first-order valence-electron chi connectivity index (χ1n) is 8.26. The largest absolute Gasteiger partial charge is 0.487 e. The topological polar surface area (TPSA) is 75.7 Å². The van der Waals surface area contributed by atoms with Crippen molar-refractivity contribution in [1.29, 1.82) is 0 Å². The van der Waals surface area contributed by atoms with Gasteiger partial charge in [0.05, 0.1) is 22.2 Å². The lowest BCUT2D eigenvalue weighted by Gasteiger charge is -2.18. The Bertz CT molecular complexity index is 968. The molecule has 1 unspecified atom stereocenters. The quantitative estimate of drug-likeness (QED) is 0.817. The van der Waals surface area contributed by atoms with Crippen LogP contribution in [0.1, 0.15) is 13.3 Å². The third-order valence-corrected chi connectivity index (χ3v) is 6.30. The summed E-state index contributed by atoms with van der Waals surface area (Å²) in [6, 6.07) is 10.4. The number of nitrogens with one attached hydrogen (secondary N) is 1. The zero-order valence-electron chi connectivity index (χ0n) is 14.5. The molecule has 0 saturated carbocycles. The number of anilines is 1. The molecule has 1 atom stereocenters. The number of benzene rings is 2. The molecule has 0 spiro atoms. The minimum atomic E-state index is -3.87. The van der Waals surface area contributed by atoms with Crippen LogP contribution in [0.3, 0.4) is 0 Å². The summed E-state index contributed by atoms with van der Waals surface area (Å²) in [6.45, 7) is 1.64. The molecular formula is C18H18ClFN2O4S. The van der Waals surface area contributed by atoms with Crippen molar-refractivity contribution < 1.29 is 22.3 Å². The van der Waals surface area contributed by atoms with Crippen LogP contribution in [0.15, 0.2) is 47.4 Å². The molecule has 144 valence electrons. The molecule has 0 bridgehead atoms. The fourth-order valence-electron chi connectivity index (χ4n) is 2.83. The fourth-order valence-corrected chi connectivity index (χ4v) is 4.51. The number of hydrogen-bond donors (Lipinski definition) is 1. The van der Waals surface area contributed by atoms with Crippen LogP contribution in [0, 0.1) is 5.82 Å². The molecule has 0 aliphatic carbocycles. The van der Waals surface area contributed by atoms with E-state index in [0.29, 0.717) is 17.2 Å². The summed E-state index contributed by atoms with van der Waals surface area (Å²) >= 11 is 6.06. The number of ether oxygens (including phenoxy) is 1. The van der Waals surface area contributed by atoms with Crippen molar-refractivity contribution in [3.05, 3.63) is 53.3 Å². The van der Waals surface area contributed by atoms with Gasteiger partial charge in [0, 0.05) is 13.5 Å². The summed E-state index contributed by atoms with van der Waals surface area (Å²) < 4.78 is 46.7. The summed E-state index contributed by atoms with van der Waals surface area (Å²) in [7, 11) is -3.87. The first-order valence-corrected chi connectivity index (χ1v) is 10.1. The highest BCUT2D eigenvalue weighted by Gasteiger charge is 2.34. The molecule has 0 aromatic heterocycles. The van der Waals surface area contributed by atoms with Gasteiger partial charge in [-0.15, -0.1) is 0 Å². The third-order valence-electron chi connectivity index (χ3n) is 4.13. The number of carbonyl (C=O) groups excluding carboxylic acids is 1. The van der Waals surface area contributed by atoms with Crippen molar-refractivity contribution in [2.45, 2.75) is 24.3 Å². The Morgan fingerprint density at radius 2 is 2.04 bits per heavy atom. The number of sulfonamides is 1. The van der Waals surface area contributed by atoms with Crippen LogP contribution in [0.5, 0.6) is 5.75 Å². The van der Waals surface area contributed by atoms with E-state index >= 15 is 0 Å². The summed E-state index contributed by atoms with van der Waals surface area (Å²) in [5.41, 5.74) is -0.0669. The van der Waals surface area contributed by atoms with Crippen LogP contribution in [0.4, 0.5) is 10.1 Å². The Morgan fingerprint density at radius 1 is 1.30 bits per heavy atom. The van der Waals surface area contributed by atoms with E-state index in [9.17, 15) is 17.6 Å². The molecule has 2 aromatic carbocycles. The Kier molecular flexibility index (Phi) is 5.69. The van der Waals surface area contributed by atoms with Crippen molar-refractivity contribution in [2.75, 3.05) is 18.4 Å². The van der Waals surface area contributed by atoms with Gasteiger partial charge in [-0.3, -0.25) is 4.79 Å². The molecule has 0 radical (unpaired) electrons. The molecule has 1 aliphatic heterocycles. The van der Waals surface area contributed by atoms with E-state index in [2.05, 4.69) is 5.32 Å². The SMILES string of the molecule is CC(=O)Nc1ccc(S(=O)(=O)N2CCC(Oc3ccccc3Cl)C2)cc1F. The minimum absolute atomic E-state index is 0.0669. The normalized spacial score (nSPS) is 17.7. The first-order chi connectivity index (χ1) is 12.8. The molecule has 1 aliphatic rings. The van der Waals surface area contributed by atoms with Gasteiger partial charge in [-0.2, -0.15) is 4.31 Å². The second-order valence-corrected chi connectivity index (χ2v) is 8.49. The maximum atomic E-state index is 14.1. The van der Waals surface area contributed by atoms with Crippen LogP contribution in [0.25, 0.3) is 0 Å². The second kappa shape index (κ2) is 7.84. The highest BCUT2D eigenvalue weighted by atomic mass is 35.5. The van der Waals surface area contributed by atoms with Crippen LogP contribution in [-0.4, -0.2) is 37.8 Å². The highest BCUT2D eigenvalue weighted by molar-refractivity contribution is 7.89. The van der Waals surface area contributed by atoms with E-state index in [1.165, 1.54) is 23.4 Å². The molecular weight excluding hydrogens is 395 g/mol. The van der Waals surface area contributed by atoms with Gasteiger partial charge in [-0.05, 0) is 36.8 Å². The van der Waals surface area contributed by atoms with Crippen molar-refractivity contribution in [2.24, 2.45) is 0 Å². The molecule has 1 amide bonds. The number of nitrogens with zero attached hydrogens (tertiary/aromatic N) is 1. The molecule has 9 heteroatoms. The molecule has 1 saturated heterocycles. The lowest BCUT2D eigenvalue weighted by molar-refractivity contribution is -0.114. The molecule has 3 rings (SSSR count).